The van der Waals surface area contributed by atoms with Crippen LogP contribution < -0.4 is 0 Å². The third-order valence-corrected chi connectivity index (χ3v) is 11.9. The molecule has 0 aliphatic rings. The molecule has 3 heterocycles. The lowest BCUT2D eigenvalue weighted by Crippen LogP contribution is -1.94. The number of fused-ring (bicyclic) bond motifs is 9. The smallest absolute Gasteiger partial charge is 0.0991 e. The van der Waals surface area contributed by atoms with Crippen molar-refractivity contribution in [3.8, 4) is 39.7 Å². The number of nitrogens with zero attached hydrogens (tertiary/aromatic N) is 3. The van der Waals surface area contributed by atoms with Crippen molar-refractivity contribution >= 4 is 75.1 Å². The number of hydrogen-bond acceptors (Lipinski definition) is 2. The average molecular weight is 692 g/mol. The van der Waals surface area contributed by atoms with E-state index in [0.717, 1.165) is 22.4 Å². The van der Waals surface area contributed by atoms with Crippen molar-refractivity contribution in [2.75, 3.05) is 0 Å². The van der Waals surface area contributed by atoms with Gasteiger partial charge in [0.1, 0.15) is 0 Å². The van der Waals surface area contributed by atoms with Crippen LogP contribution in [-0.4, -0.2) is 9.13 Å². The number of aromatic nitrogens is 2. The summed E-state index contributed by atoms with van der Waals surface area (Å²) in [6.07, 6.45) is 0. The highest BCUT2D eigenvalue weighted by molar-refractivity contribution is 7.25. The van der Waals surface area contributed by atoms with Gasteiger partial charge in [-0.2, -0.15) is 5.26 Å². The van der Waals surface area contributed by atoms with Crippen LogP contribution in [0.5, 0.6) is 0 Å². The topological polar surface area (TPSA) is 33.6 Å². The number of rotatable bonds is 4. The maximum absolute atomic E-state index is 9.52. The second-order valence-electron chi connectivity index (χ2n) is 13.7. The molecule has 0 spiro atoms. The van der Waals surface area contributed by atoms with Crippen LogP contribution in [-0.2, 0) is 0 Å². The number of thiophene rings is 1. The van der Waals surface area contributed by atoms with Gasteiger partial charge < -0.3 is 9.13 Å². The summed E-state index contributed by atoms with van der Waals surface area (Å²) in [6, 6.07) is 65.6. The molecule has 0 amide bonds. The van der Waals surface area contributed by atoms with Crippen LogP contribution in [0.3, 0.4) is 0 Å². The predicted molar refractivity (Wildman–Crippen MR) is 224 cm³/mol. The normalized spacial score (nSPS) is 11.8. The van der Waals surface area contributed by atoms with Gasteiger partial charge in [-0.1, -0.05) is 78.9 Å². The molecule has 0 saturated heterocycles. The third kappa shape index (κ3) is 4.58. The summed E-state index contributed by atoms with van der Waals surface area (Å²) in [4.78, 5) is 0. The lowest BCUT2D eigenvalue weighted by molar-refractivity contribution is 1.18. The van der Waals surface area contributed by atoms with Gasteiger partial charge in [0.2, 0.25) is 0 Å². The van der Waals surface area contributed by atoms with E-state index < -0.39 is 0 Å². The SMILES string of the molecule is N#Cc1ccc(-n2c3ccc(-c4ccc5sc6ccccc6c5c4)cc3c3cc(-c4ccc5c(c4)c4ccccc4n5-c4ccccc4)ccc32)cc1. The van der Waals surface area contributed by atoms with E-state index in [1.165, 1.54) is 75.0 Å². The molecule has 0 radical (unpaired) electrons. The Labute approximate surface area is 309 Å². The molecule has 3 aromatic heterocycles. The quantitative estimate of drug-likeness (QED) is 0.181. The zero-order chi connectivity index (χ0) is 35.0. The second-order valence-corrected chi connectivity index (χ2v) is 14.8. The minimum absolute atomic E-state index is 0.652. The Morgan fingerprint density at radius 1 is 0.358 bits per heavy atom. The highest BCUT2D eigenvalue weighted by Gasteiger charge is 2.17. The first kappa shape index (κ1) is 29.8. The summed E-state index contributed by atoms with van der Waals surface area (Å²) in [6.45, 7) is 0. The molecule has 3 nitrogen and oxygen atoms in total. The van der Waals surface area contributed by atoms with Gasteiger partial charge in [0.15, 0.2) is 0 Å². The molecule has 11 aromatic rings. The summed E-state index contributed by atoms with van der Waals surface area (Å²) in [5.41, 5.74) is 12.3. The van der Waals surface area contributed by atoms with E-state index in [9.17, 15) is 5.26 Å². The fourth-order valence-electron chi connectivity index (χ4n) is 8.26. The fourth-order valence-corrected chi connectivity index (χ4v) is 9.35. The first-order valence-electron chi connectivity index (χ1n) is 17.8. The van der Waals surface area contributed by atoms with Crippen LogP contribution in [0, 0.1) is 11.3 Å². The van der Waals surface area contributed by atoms with Crippen LogP contribution >= 0.6 is 11.3 Å². The van der Waals surface area contributed by atoms with E-state index in [2.05, 4.69) is 167 Å². The highest BCUT2D eigenvalue weighted by Crippen LogP contribution is 2.41. The molecule has 0 bridgehead atoms. The van der Waals surface area contributed by atoms with Crippen LogP contribution in [0.4, 0.5) is 0 Å². The van der Waals surface area contributed by atoms with Gasteiger partial charge in [0.25, 0.3) is 0 Å². The van der Waals surface area contributed by atoms with Gasteiger partial charge in [-0.3, -0.25) is 0 Å². The van der Waals surface area contributed by atoms with Crippen molar-refractivity contribution < 1.29 is 0 Å². The minimum atomic E-state index is 0.652. The lowest BCUT2D eigenvalue weighted by Gasteiger charge is -2.09. The molecule has 0 saturated carbocycles. The van der Waals surface area contributed by atoms with Crippen molar-refractivity contribution in [1.82, 2.24) is 9.13 Å². The molecular weight excluding hydrogens is 663 g/mol. The zero-order valence-electron chi connectivity index (χ0n) is 28.5. The lowest BCUT2D eigenvalue weighted by atomic mass is 9.98. The van der Waals surface area contributed by atoms with Crippen molar-refractivity contribution in [3.63, 3.8) is 0 Å². The van der Waals surface area contributed by atoms with Crippen LogP contribution in [0.25, 0.3) is 97.4 Å². The van der Waals surface area contributed by atoms with Crippen LogP contribution in [0.2, 0.25) is 0 Å². The number of benzene rings is 8. The van der Waals surface area contributed by atoms with E-state index in [0.29, 0.717) is 5.56 Å². The molecule has 0 aliphatic carbocycles. The molecular formula is C49H29N3S. The molecule has 0 fully saturated rings. The average Bonchev–Trinajstić information content (AvgIpc) is 3.88. The van der Waals surface area contributed by atoms with Crippen LogP contribution in [0.15, 0.2) is 176 Å². The summed E-state index contributed by atoms with van der Waals surface area (Å²) >= 11 is 1.85. The summed E-state index contributed by atoms with van der Waals surface area (Å²) < 4.78 is 7.31. The van der Waals surface area contributed by atoms with E-state index >= 15 is 0 Å². The van der Waals surface area contributed by atoms with Gasteiger partial charge in [-0.25, -0.2) is 0 Å². The largest absolute Gasteiger partial charge is 0.309 e. The third-order valence-electron chi connectivity index (χ3n) is 10.8. The van der Waals surface area contributed by atoms with Crippen molar-refractivity contribution in [1.29, 1.82) is 5.26 Å². The van der Waals surface area contributed by atoms with Gasteiger partial charge >= 0.3 is 0 Å². The van der Waals surface area contributed by atoms with Gasteiger partial charge in [-0.05, 0) is 119 Å². The highest BCUT2D eigenvalue weighted by atomic mass is 32.1. The number of hydrogen-bond donors (Lipinski definition) is 0. The first-order valence-corrected chi connectivity index (χ1v) is 18.6. The Balaban J connectivity index is 1.12. The van der Waals surface area contributed by atoms with Gasteiger partial charge in [0, 0.05) is 53.1 Å². The summed E-state index contributed by atoms with van der Waals surface area (Å²) in [5, 5.41) is 17.0. The molecule has 4 heteroatoms. The van der Waals surface area contributed by atoms with E-state index in [4.69, 9.17) is 0 Å². The maximum atomic E-state index is 9.52. The monoisotopic (exact) mass is 691 g/mol. The van der Waals surface area contributed by atoms with Gasteiger partial charge in [-0.15, -0.1) is 11.3 Å². The predicted octanol–water partition coefficient (Wildman–Crippen LogP) is 13.5. The Morgan fingerprint density at radius 3 is 1.43 bits per heavy atom. The fraction of sp³-hybridized carbons (Fsp3) is 0. The van der Waals surface area contributed by atoms with Crippen molar-refractivity contribution in [2.24, 2.45) is 0 Å². The van der Waals surface area contributed by atoms with E-state index in [1.807, 2.05) is 35.6 Å². The number of para-hydroxylation sites is 2. The Hall–Kier alpha value is -6.93. The molecule has 0 unspecified atom stereocenters. The first-order chi connectivity index (χ1) is 26.2. The molecule has 8 aromatic carbocycles. The molecule has 0 aliphatic heterocycles. The van der Waals surface area contributed by atoms with Crippen molar-refractivity contribution in [3.05, 3.63) is 181 Å². The second kappa shape index (κ2) is 11.5. The summed E-state index contributed by atoms with van der Waals surface area (Å²) in [7, 11) is 0. The molecule has 53 heavy (non-hydrogen) atoms. The zero-order valence-corrected chi connectivity index (χ0v) is 29.3. The van der Waals surface area contributed by atoms with E-state index in [1.54, 1.807) is 0 Å². The van der Waals surface area contributed by atoms with Crippen molar-refractivity contribution in [2.45, 2.75) is 0 Å². The standard InChI is InChI=1S/C49H29N3S/c50-30-31-14-20-37(21-15-31)52-46-23-17-33(32-16-22-45-40(26-32)38-10-4-6-12-44(38)51(45)36-8-2-1-3-9-36)27-41(46)42-28-34(18-24-47(42)52)35-19-25-49-43(29-35)39-11-5-7-13-48(39)53-49/h1-29H. The van der Waals surface area contributed by atoms with Gasteiger partial charge in [0.05, 0.1) is 33.7 Å². The Kier molecular flexibility index (Phi) is 6.48. The molecule has 0 N–H and O–H groups in total. The molecule has 0 atom stereocenters. The molecule has 11 rings (SSSR count). The number of nitriles is 1. The Bertz CT molecular complexity index is 3280. The van der Waals surface area contributed by atoms with Crippen LogP contribution in [0.1, 0.15) is 5.56 Å². The maximum Gasteiger partial charge on any atom is 0.0991 e. The summed E-state index contributed by atoms with van der Waals surface area (Å²) in [5.74, 6) is 0. The molecule has 246 valence electrons. The Morgan fingerprint density at radius 2 is 0.811 bits per heavy atom. The minimum Gasteiger partial charge on any atom is -0.309 e. The van der Waals surface area contributed by atoms with E-state index in [-0.39, 0.29) is 0 Å².